The van der Waals surface area contributed by atoms with Gasteiger partial charge in [0.15, 0.2) is 6.04 Å². The van der Waals surface area contributed by atoms with E-state index < -0.39 is 12.0 Å². The number of carboxylic acids is 1. The number of fused-ring (bicyclic) bond motifs is 1. The molecule has 4 aromatic rings. The smallest absolute Gasteiger partial charge is 0.328 e. The third-order valence-electron chi connectivity index (χ3n) is 4.89. The van der Waals surface area contributed by atoms with Gasteiger partial charge in [0.25, 0.3) is 0 Å². The summed E-state index contributed by atoms with van der Waals surface area (Å²) >= 11 is 3.52. The number of aliphatic carboxylic acids is 1. The predicted octanol–water partition coefficient (Wildman–Crippen LogP) is 5.53. The van der Waals surface area contributed by atoms with Crippen LogP contribution in [-0.4, -0.2) is 27.8 Å². The van der Waals surface area contributed by atoms with Crippen LogP contribution in [0.25, 0.3) is 10.9 Å². The zero-order valence-corrected chi connectivity index (χ0v) is 17.7. The molecule has 1 aromatic heterocycles. The van der Waals surface area contributed by atoms with Gasteiger partial charge in [0.2, 0.25) is 0 Å². The van der Waals surface area contributed by atoms with Crippen molar-refractivity contribution in [3.63, 3.8) is 0 Å². The molecule has 0 aliphatic rings. The van der Waals surface area contributed by atoms with E-state index in [9.17, 15) is 9.90 Å². The quantitative estimate of drug-likeness (QED) is 0.386. The monoisotopic (exact) mass is 458 g/mol. The SMILES string of the molecule is O=C(O)C(Cc1ccc(Br)c2ncccc12)N=C(c1ccccc1)c1ccccc1. The van der Waals surface area contributed by atoms with E-state index in [2.05, 4.69) is 20.9 Å². The average molecular weight is 459 g/mol. The van der Waals surface area contributed by atoms with Gasteiger partial charge in [0.05, 0.1) is 11.2 Å². The Labute approximate surface area is 183 Å². The molecule has 0 radical (unpaired) electrons. The molecule has 0 aliphatic heterocycles. The highest BCUT2D eigenvalue weighted by atomic mass is 79.9. The Kier molecular flexibility index (Phi) is 6.00. The van der Waals surface area contributed by atoms with Crippen LogP contribution in [0.5, 0.6) is 0 Å². The molecule has 3 aromatic carbocycles. The number of aliphatic imine (C=N–C) groups is 1. The molecule has 0 saturated carbocycles. The van der Waals surface area contributed by atoms with E-state index in [-0.39, 0.29) is 6.42 Å². The molecular formula is C25H19BrN2O2. The molecule has 1 N–H and O–H groups in total. The molecule has 4 nitrogen and oxygen atoms in total. The van der Waals surface area contributed by atoms with E-state index >= 15 is 0 Å². The summed E-state index contributed by atoms with van der Waals surface area (Å²) in [4.78, 5) is 21.3. The topological polar surface area (TPSA) is 62.5 Å². The molecule has 0 spiro atoms. The van der Waals surface area contributed by atoms with Crippen molar-refractivity contribution >= 4 is 38.5 Å². The van der Waals surface area contributed by atoms with Crippen LogP contribution in [-0.2, 0) is 11.2 Å². The maximum Gasteiger partial charge on any atom is 0.328 e. The predicted molar refractivity (Wildman–Crippen MR) is 123 cm³/mol. The van der Waals surface area contributed by atoms with Gasteiger partial charge in [0, 0.05) is 33.6 Å². The number of rotatable bonds is 6. The van der Waals surface area contributed by atoms with E-state index in [1.807, 2.05) is 84.9 Å². The van der Waals surface area contributed by atoms with Gasteiger partial charge >= 0.3 is 5.97 Å². The molecular weight excluding hydrogens is 440 g/mol. The lowest BCUT2D eigenvalue weighted by atomic mass is 9.99. The van der Waals surface area contributed by atoms with E-state index in [1.165, 1.54) is 0 Å². The summed E-state index contributed by atoms with van der Waals surface area (Å²) in [5, 5.41) is 10.9. The number of hydrogen-bond donors (Lipinski definition) is 1. The minimum Gasteiger partial charge on any atom is -0.480 e. The number of pyridine rings is 1. The van der Waals surface area contributed by atoms with Gasteiger partial charge in [-0.25, -0.2) is 4.79 Å². The maximum atomic E-state index is 12.2. The average Bonchev–Trinajstić information content (AvgIpc) is 2.79. The first-order valence-electron chi connectivity index (χ1n) is 9.57. The third-order valence-corrected chi connectivity index (χ3v) is 5.53. The normalized spacial score (nSPS) is 11.8. The van der Waals surface area contributed by atoms with E-state index in [1.54, 1.807) is 6.20 Å². The molecule has 5 heteroatoms. The Morgan fingerprint density at radius 2 is 1.53 bits per heavy atom. The zero-order valence-electron chi connectivity index (χ0n) is 16.1. The van der Waals surface area contributed by atoms with Crippen LogP contribution in [0.1, 0.15) is 16.7 Å². The second-order valence-electron chi connectivity index (χ2n) is 6.87. The maximum absolute atomic E-state index is 12.2. The number of nitrogens with zero attached hydrogens (tertiary/aromatic N) is 2. The fourth-order valence-corrected chi connectivity index (χ4v) is 3.88. The molecule has 0 fully saturated rings. The molecule has 148 valence electrons. The summed E-state index contributed by atoms with van der Waals surface area (Å²) in [7, 11) is 0. The summed E-state index contributed by atoms with van der Waals surface area (Å²) in [5.41, 5.74) is 4.16. The zero-order chi connectivity index (χ0) is 20.9. The summed E-state index contributed by atoms with van der Waals surface area (Å²) in [6.07, 6.45) is 2.00. The largest absolute Gasteiger partial charge is 0.480 e. The van der Waals surface area contributed by atoms with Crippen LogP contribution in [0.2, 0.25) is 0 Å². The van der Waals surface area contributed by atoms with Gasteiger partial charge in [-0.2, -0.15) is 0 Å². The molecule has 0 bridgehead atoms. The van der Waals surface area contributed by atoms with Gasteiger partial charge in [-0.1, -0.05) is 72.8 Å². The molecule has 0 aliphatic carbocycles. The molecule has 4 rings (SSSR count). The summed E-state index contributed by atoms with van der Waals surface area (Å²) < 4.78 is 0.881. The fraction of sp³-hybridized carbons (Fsp3) is 0.0800. The van der Waals surface area contributed by atoms with Gasteiger partial charge in [-0.15, -0.1) is 0 Å². The summed E-state index contributed by atoms with van der Waals surface area (Å²) in [6, 6.07) is 26.1. The second-order valence-corrected chi connectivity index (χ2v) is 7.73. The van der Waals surface area contributed by atoms with Gasteiger partial charge in [-0.3, -0.25) is 9.98 Å². The molecule has 0 amide bonds. The number of benzene rings is 3. The van der Waals surface area contributed by atoms with Crippen LogP contribution in [0.15, 0.2) is 101 Å². The highest BCUT2D eigenvalue weighted by Crippen LogP contribution is 2.26. The van der Waals surface area contributed by atoms with E-state index in [4.69, 9.17) is 4.99 Å². The number of carboxylic acid groups (broad SMARTS) is 1. The highest BCUT2D eigenvalue weighted by molar-refractivity contribution is 9.10. The standard InChI is InChI=1S/C25H19BrN2O2/c26-21-14-13-19(20-12-7-15-27-24(20)21)16-22(25(29)30)28-23(17-8-3-1-4-9-17)18-10-5-2-6-11-18/h1-15,22H,16H2,(H,29,30). The van der Waals surface area contributed by atoms with Crippen LogP contribution in [0.3, 0.4) is 0 Å². The van der Waals surface area contributed by atoms with Crippen molar-refractivity contribution in [2.24, 2.45) is 4.99 Å². The lowest BCUT2D eigenvalue weighted by molar-refractivity contribution is -0.138. The van der Waals surface area contributed by atoms with Crippen molar-refractivity contribution in [1.82, 2.24) is 4.98 Å². The first-order valence-corrected chi connectivity index (χ1v) is 10.4. The van der Waals surface area contributed by atoms with E-state index in [0.717, 1.165) is 32.1 Å². The Morgan fingerprint density at radius 3 is 2.13 bits per heavy atom. The number of carbonyl (C=O) groups is 1. The van der Waals surface area contributed by atoms with Crippen LogP contribution in [0.4, 0.5) is 0 Å². The van der Waals surface area contributed by atoms with Crippen LogP contribution in [0, 0.1) is 0 Å². The first kappa shape index (κ1) is 20.0. The van der Waals surface area contributed by atoms with Gasteiger partial charge in [-0.05, 0) is 33.6 Å². The van der Waals surface area contributed by atoms with Crippen molar-refractivity contribution < 1.29 is 9.90 Å². The van der Waals surface area contributed by atoms with Crippen LogP contribution >= 0.6 is 15.9 Å². The Morgan fingerprint density at radius 1 is 0.900 bits per heavy atom. The van der Waals surface area contributed by atoms with Crippen LogP contribution < -0.4 is 0 Å². The second kappa shape index (κ2) is 9.01. The number of aromatic nitrogens is 1. The minimum atomic E-state index is -0.959. The molecule has 30 heavy (non-hydrogen) atoms. The lowest BCUT2D eigenvalue weighted by Crippen LogP contribution is -2.23. The Balaban J connectivity index is 1.80. The summed E-state index contributed by atoms with van der Waals surface area (Å²) in [6.45, 7) is 0. The lowest BCUT2D eigenvalue weighted by Gasteiger charge is -2.14. The van der Waals surface area contributed by atoms with Crippen molar-refractivity contribution in [2.75, 3.05) is 0 Å². The highest BCUT2D eigenvalue weighted by Gasteiger charge is 2.21. The number of hydrogen-bond acceptors (Lipinski definition) is 3. The summed E-state index contributed by atoms with van der Waals surface area (Å²) in [5.74, 6) is -0.959. The van der Waals surface area contributed by atoms with Gasteiger partial charge in [0.1, 0.15) is 0 Å². The van der Waals surface area contributed by atoms with Crippen molar-refractivity contribution in [3.8, 4) is 0 Å². The Hall–Kier alpha value is -3.31. The first-order chi connectivity index (χ1) is 14.6. The van der Waals surface area contributed by atoms with Gasteiger partial charge < -0.3 is 5.11 Å². The fourth-order valence-electron chi connectivity index (χ4n) is 3.44. The van der Waals surface area contributed by atoms with Crippen molar-refractivity contribution in [2.45, 2.75) is 12.5 Å². The van der Waals surface area contributed by atoms with Crippen molar-refractivity contribution in [3.05, 3.63) is 112 Å². The molecule has 1 unspecified atom stereocenters. The minimum absolute atomic E-state index is 0.272. The molecule has 1 heterocycles. The third kappa shape index (κ3) is 4.31. The Bertz CT molecular complexity index is 1170. The number of halogens is 1. The van der Waals surface area contributed by atoms with Crippen molar-refractivity contribution in [1.29, 1.82) is 0 Å². The van der Waals surface area contributed by atoms with E-state index in [0.29, 0.717) is 5.71 Å². The molecule has 0 saturated heterocycles. The molecule has 1 atom stereocenters.